The van der Waals surface area contributed by atoms with Gasteiger partial charge in [0.2, 0.25) is 0 Å². The summed E-state index contributed by atoms with van der Waals surface area (Å²) in [6, 6.07) is 19.5. The topological polar surface area (TPSA) is 92.6 Å². The van der Waals surface area contributed by atoms with Crippen LogP contribution in [-0.4, -0.2) is 52.1 Å². The molecule has 0 unspecified atom stereocenters. The lowest BCUT2D eigenvalue weighted by Crippen LogP contribution is -2.38. The van der Waals surface area contributed by atoms with Gasteiger partial charge in [-0.2, -0.15) is 0 Å². The zero-order valence-corrected chi connectivity index (χ0v) is 22.5. The molecule has 7 nitrogen and oxygen atoms in total. The number of nitrogens with zero attached hydrogens (tertiary/aromatic N) is 3. The van der Waals surface area contributed by atoms with Crippen molar-refractivity contribution in [2.45, 2.75) is 44.4 Å². The number of para-hydroxylation sites is 1. The third-order valence-corrected chi connectivity index (χ3v) is 7.52. The maximum atomic E-state index is 13.6. The predicted molar refractivity (Wildman–Crippen MR) is 151 cm³/mol. The largest absolute Gasteiger partial charge is 0.496 e. The molecule has 0 spiro atoms. The molecule has 0 saturated carbocycles. The number of benzene rings is 3. The van der Waals surface area contributed by atoms with Crippen molar-refractivity contribution in [2.75, 3.05) is 20.2 Å². The minimum absolute atomic E-state index is 0.0344. The van der Waals surface area contributed by atoms with Crippen molar-refractivity contribution in [1.82, 2.24) is 14.9 Å². The summed E-state index contributed by atoms with van der Waals surface area (Å²) in [6.07, 6.45) is 3.47. The quantitative estimate of drug-likeness (QED) is 0.251. The average Bonchev–Trinajstić information content (AvgIpc) is 2.98. The van der Waals surface area contributed by atoms with Gasteiger partial charge in [-0.1, -0.05) is 18.2 Å². The van der Waals surface area contributed by atoms with Gasteiger partial charge in [-0.25, -0.2) is 14.4 Å². The maximum absolute atomic E-state index is 13.6. The summed E-state index contributed by atoms with van der Waals surface area (Å²) in [7, 11) is 1.68. The number of carbonyl (C=O) groups excluding carboxylic acids is 1. The maximum Gasteiger partial charge on any atom is 0.303 e. The van der Waals surface area contributed by atoms with E-state index in [0.717, 1.165) is 24.2 Å². The molecule has 4 aromatic rings. The molecule has 8 heteroatoms. The molecule has 1 aliphatic heterocycles. The molecule has 1 fully saturated rings. The number of carboxylic acid groups (broad SMARTS) is 1. The number of amides is 1. The van der Waals surface area contributed by atoms with Gasteiger partial charge < -0.3 is 14.7 Å². The van der Waals surface area contributed by atoms with Gasteiger partial charge in [0.1, 0.15) is 11.6 Å². The van der Waals surface area contributed by atoms with Crippen LogP contribution in [0.15, 0.2) is 66.7 Å². The molecule has 206 valence electrons. The van der Waals surface area contributed by atoms with Crippen molar-refractivity contribution in [3.63, 3.8) is 0 Å². The monoisotopic (exact) mass is 541 g/mol. The summed E-state index contributed by atoms with van der Waals surface area (Å²) in [4.78, 5) is 36.0. The van der Waals surface area contributed by atoms with Gasteiger partial charge in [0.05, 0.1) is 29.5 Å². The van der Waals surface area contributed by atoms with Crippen LogP contribution in [0.3, 0.4) is 0 Å². The summed E-state index contributed by atoms with van der Waals surface area (Å²) < 4.78 is 19.1. The van der Waals surface area contributed by atoms with E-state index >= 15 is 0 Å². The summed E-state index contributed by atoms with van der Waals surface area (Å²) in [5, 5.41) is 8.99. The Morgan fingerprint density at radius 3 is 2.45 bits per heavy atom. The van der Waals surface area contributed by atoms with Crippen LogP contribution in [-0.2, 0) is 11.2 Å². The van der Waals surface area contributed by atoms with Gasteiger partial charge in [0.25, 0.3) is 5.91 Å². The Bertz CT molecular complexity index is 1510. The van der Waals surface area contributed by atoms with Gasteiger partial charge in [0, 0.05) is 30.6 Å². The minimum atomic E-state index is -0.835. The average molecular weight is 542 g/mol. The molecule has 1 aliphatic rings. The highest BCUT2D eigenvalue weighted by Gasteiger charge is 2.26. The molecule has 1 saturated heterocycles. The molecule has 0 aliphatic carbocycles. The van der Waals surface area contributed by atoms with E-state index in [1.54, 1.807) is 37.4 Å². The second-order valence-corrected chi connectivity index (χ2v) is 10.1. The SMILES string of the molecule is COc1ccccc1C1CCN(C(=O)c2ccc3nc(-c4ccc(F)cc4)c(CCCCC(=O)O)nc3c2)CC1. The van der Waals surface area contributed by atoms with E-state index in [-0.39, 0.29) is 18.1 Å². The zero-order valence-electron chi connectivity index (χ0n) is 22.5. The number of carboxylic acids is 1. The summed E-state index contributed by atoms with van der Waals surface area (Å²) in [5.41, 5.74) is 5.07. The second kappa shape index (κ2) is 12.2. The first-order valence-corrected chi connectivity index (χ1v) is 13.6. The highest BCUT2D eigenvalue weighted by atomic mass is 19.1. The Morgan fingerprint density at radius 1 is 0.975 bits per heavy atom. The van der Waals surface area contributed by atoms with Crippen LogP contribution in [0, 0.1) is 5.82 Å². The highest BCUT2D eigenvalue weighted by molar-refractivity contribution is 5.97. The Morgan fingerprint density at radius 2 is 1.73 bits per heavy atom. The smallest absolute Gasteiger partial charge is 0.303 e. The van der Waals surface area contributed by atoms with Gasteiger partial charge in [-0.3, -0.25) is 9.59 Å². The fourth-order valence-electron chi connectivity index (χ4n) is 5.39. The van der Waals surface area contributed by atoms with Crippen molar-refractivity contribution in [3.05, 3.63) is 89.4 Å². The number of unbranched alkanes of at least 4 members (excludes halogenated alkanes) is 1. The van der Waals surface area contributed by atoms with Crippen molar-refractivity contribution in [3.8, 4) is 17.0 Å². The Labute approximate surface area is 232 Å². The number of carbonyl (C=O) groups is 2. The Hall–Kier alpha value is -4.33. The van der Waals surface area contributed by atoms with Crippen LogP contribution in [0.2, 0.25) is 0 Å². The molecule has 40 heavy (non-hydrogen) atoms. The number of piperidine rings is 1. The van der Waals surface area contributed by atoms with Crippen LogP contribution in [0.1, 0.15) is 59.6 Å². The normalized spacial score (nSPS) is 13.9. The van der Waals surface area contributed by atoms with E-state index in [9.17, 15) is 14.0 Å². The minimum Gasteiger partial charge on any atom is -0.496 e. The van der Waals surface area contributed by atoms with E-state index in [4.69, 9.17) is 19.8 Å². The number of aryl methyl sites for hydroxylation is 1. The van der Waals surface area contributed by atoms with Crippen molar-refractivity contribution in [1.29, 1.82) is 0 Å². The van der Waals surface area contributed by atoms with Crippen LogP contribution < -0.4 is 4.74 Å². The fraction of sp³-hybridized carbons (Fsp3) is 0.312. The first-order chi connectivity index (χ1) is 19.4. The molecule has 2 heterocycles. The third kappa shape index (κ3) is 6.11. The molecule has 0 bridgehead atoms. The molecular formula is C32H32FN3O4. The predicted octanol–water partition coefficient (Wildman–Crippen LogP) is 6.26. The van der Waals surface area contributed by atoms with Gasteiger partial charge in [-0.05, 0) is 92.1 Å². The molecule has 5 rings (SSSR count). The van der Waals surface area contributed by atoms with Crippen LogP contribution in [0.4, 0.5) is 4.39 Å². The molecule has 0 radical (unpaired) electrons. The van der Waals surface area contributed by atoms with Crippen molar-refractivity contribution >= 4 is 22.9 Å². The lowest BCUT2D eigenvalue weighted by molar-refractivity contribution is -0.137. The summed E-state index contributed by atoms with van der Waals surface area (Å²) in [6.45, 7) is 1.31. The first kappa shape index (κ1) is 27.2. The number of likely N-dealkylation sites (tertiary alicyclic amines) is 1. The molecule has 1 aromatic heterocycles. The highest BCUT2D eigenvalue weighted by Crippen LogP contribution is 2.34. The third-order valence-electron chi connectivity index (χ3n) is 7.52. The van der Waals surface area contributed by atoms with Crippen LogP contribution >= 0.6 is 0 Å². The van der Waals surface area contributed by atoms with E-state index in [0.29, 0.717) is 66.3 Å². The van der Waals surface area contributed by atoms with Gasteiger partial charge >= 0.3 is 5.97 Å². The van der Waals surface area contributed by atoms with Crippen LogP contribution in [0.5, 0.6) is 5.75 Å². The lowest BCUT2D eigenvalue weighted by atomic mass is 9.88. The number of methoxy groups -OCH3 is 1. The number of ether oxygens (including phenoxy) is 1. The van der Waals surface area contributed by atoms with E-state index in [2.05, 4.69) is 6.07 Å². The van der Waals surface area contributed by atoms with Crippen molar-refractivity contribution < 1.29 is 23.8 Å². The summed E-state index contributed by atoms with van der Waals surface area (Å²) in [5.74, 6) is 0.0252. The number of hydrogen-bond acceptors (Lipinski definition) is 5. The fourth-order valence-corrected chi connectivity index (χ4v) is 5.39. The first-order valence-electron chi connectivity index (χ1n) is 13.6. The number of halogens is 1. The Balaban J connectivity index is 1.36. The van der Waals surface area contributed by atoms with E-state index in [1.165, 1.54) is 17.7 Å². The number of hydrogen-bond donors (Lipinski definition) is 1. The standard InChI is InChI=1S/C32H32FN3O4/c1-40-29-8-4-2-6-25(29)21-16-18-36(19-17-21)32(39)23-12-15-26-28(20-23)34-27(7-3-5-9-30(37)38)31(35-26)22-10-13-24(33)14-11-22/h2,4,6,8,10-15,20-21H,3,5,7,9,16-19H2,1H3,(H,37,38). The molecular weight excluding hydrogens is 509 g/mol. The number of aromatic nitrogens is 2. The van der Waals surface area contributed by atoms with Crippen molar-refractivity contribution in [2.24, 2.45) is 0 Å². The molecule has 1 N–H and O–H groups in total. The van der Waals surface area contributed by atoms with Crippen LogP contribution in [0.25, 0.3) is 22.3 Å². The van der Waals surface area contributed by atoms with E-state index < -0.39 is 5.97 Å². The number of fused-ring (bicyclic) bond motifs is 1. The Kier molecular flexibility index (Phi) is 8.34. The molecule has 1 amide bonds. The van der Waals surface area contributed by atoms with Gasteiger partial charge in [-0.15, -0.1) is 0 Å². The zero-order chi connectivity index (χ0) is 28.1. The lowest BCUT2D eigenvalue weighted by Gasteiger charge is -2.32. The van der Waals surface area contributed by atoms with Gasteiger partial charge in [0.15, 0.2) is 0 Å². The second-order valence-electron chi connectivity index (χ2n) is 10.1. The number of aliphatic carboxylic acids is 1. The summed E-state index contributed by atoms with van der Waals surface area (Å²) >= 11 is 0. The van der Waals surface area contributed by atoms with E-state index in [1.807, 2.05) is 23.1 Å². The number of rotatable bonds is 9. The molecule has 3 aromatic carbocycles. The molecule has 0 atom stereocenters.